The van der Waals surface area contributed by atoms with E-state index in [1.807, 2.05) is 12.1 Å². The Labute approximate surface area is 164 Å². The second-order valence-corrected chi connectivity index (χ2v) is 14.5. The predicted molar refractivity (Wildman–Crippen MR) is 108 cm³/mol. The van der Waals surface area contributed by atoms with Gasteiger partial charge >= 0.3 is 5.97 Å². The highest BCUT2D eigenvalue weighted by Crippen LogP contribution is 2.49. The average Bonchev–Trinajstić information content (AvgIpc) is 3.23. The van der Waals surface area contributed by atoms with Crippen molar-refractivity contribution in [2.75, 3.05) is 18.2 Å². The van der Waals surface area contributed by atoms with E-state index in [2.05, 4.69) is 29.6 Å². The van der Waals surface area contributed by atoms with E-state index in [1.165, 1.54) is 0 Å². The number of aromatic nitrogens is 2. The van der Waals surface area contributed by atoms with Crippen molar-refractivity contribution >= 4 is 25.8 Å². The number of amides is 1. The number of carbonyl (C=O) groups excluding carboxylic acids is 1. The summed E-state index contributed by atoms with van der Waals surface area (Å²) in [7, 11) is -1.20. The minimum absolute atomic E-state index is 0.0179. The summed E-state index contributed by atoms with van der Waals surface area (Å²) in [5, 5.41) is 9.20. The Hall–Kier alpha value is -2.45. The van der Waals surface area contributed by atoms with Gasteiger partial charge in [0.25, 0.3) is 0 Å². The number of nitrogens with zero attached hydrogens (tertiary/aromatic N) is 2. The number of aromatic carboxylic acids is 1. The molecule has 0 bridgehead atoms. The fourth-order valence-electron chi connectivity index (χ4n) is 4.11. The summed E-state index contributed by atoms with van der Waals surface area (Å²) in [6.45, 7) is 7.71. The van der Waals surface area contributed by atoms with Crippen LogP contribution in [0.25, 0.3) is 0 Å². The number of ether oxygens (including phenoxy) is 1. The maximum absolute atomic E-state index is 13.4. The lowest BCUT2D eigenvalue weighted by molar-refractivity contribution is -0.124. The standard InChI is InChI=1S/C20H25N3O4Si/c1-28(2,3)8-7-27-12-23-17-14(5-4-6-21-17)20(19(23)26)10-13-9-15(18(24)25)22-16(13)11-20/h4-6,9,22H,7-8,10-12H2,1-3H3,(H,24,25). The van der Waals surface area contributed by atoms with Crippen LogP contribution < -0.4 is 4.90 Å². The number of hydrogen-bond donors (Lipinski definition) is 2. The summed E-state index contributed by atoms with van der Waals surface area (Å²) >= 11 is 0. The minimum atomic E-state index is -1.20. The highest BCUT2D eigenvalue weighted by molar-refractivity contribution is 6.76. The zero-order chi connectivity index (χ0) is 20.1. The molecular formula is C20H25N3O4Si. The molecule has 1 atom stereocenters. The van der Waals surface area contributed by atoms with Crippen LogP contribution in [0.3, 0.4) is 0 Å². The number of aromatic amines is 1. The molecule has 2 N–H and O–H groups in total. The van der Waals surface area contributed by atoms with Gasteiger partial charge in [-0.25, -0.2) is 9.78 Å². The zero-order valence-electron chi connectivity index (χ0n) is 16.4. The summed E-state index contributed by atoms with van der Waals surface area (Å²) in [4.78, 5) is 33.7. The Bertz CT molecular complexity index is 924. The van der Waals surface area contributed by atoms with Gasteiger partial charge in [-0.05, 0) is 30.2 Å². The highest BCUT2D eigenvalue weighted by atomic mass is 28.3. The van der Waals surface area contributed by atoms with Crippen molar-refractivity contribution in [3.63, 3.8) is 0 Å². The number of hydrogen-bond acceptors (Lipinski definition) is 4. The van der Waals surface area contributed by atoms with Crippen molar-refractivity contribution in [3.8, 4) is 0 Å². The molecule has 2 aromatic heterocycles. The number of carbonyl (C=O) groups is 2. The number of nitrogens with one attached hydrogen (secondary N) is 1. The molecule has 1 spiro atoms. The lowest BCUT2D eigenvalue weighted by atomic mass is 9.79. The monoisotopic (exact) mass is 399 g/mol. The molecule has 1 amide bonds. The topological polar surface area (TPSA) is 95.5 Å². The molecular weight excluding hydrogens is 374 g/mol. The second-order valence-electron chi connectivity index (χ2n) is 8.88. The van der Waals surface area contributed by atoms with Crippen molar-refractivity contribution in [2.24, 2.45) is 0 Å². The van der Waals surface area contributed by atoms with Gasteiger partial charge in [-0.1, -0.05) is 25.7 Å². The first kappa shape index (κ1) is 18.9. The van der Waals surface area contributed by atoms with Crippen LogP contribution in [0, 0.1) is 0 Å². The molecule has 3 heterocycles. The number of H-pyrrole nitrogens is 1. The maximum Gasteiger partial charge on any atom is 0.352 e. The molecule has 0 saturated heterocycles. The van der Waals surface area contributed by atoms with Gasteiger partial charge in [-0.15, -0.1) is 0 Å². The molecule has 2 aromatic rings. The number of carboxylic acids is 1. The van der Waals surface area contributed by atoms with Crippen LogP contribution in [0.4, 0.5) is 5.82 Å². The van der Waals surface area contributed by atoms with Gasteiger partial charge in [-0.3, -0.25) is 9.69 Å². The first-order valence-corrected chi connectivity index (χ1v) is 13.2. The van der Waals surface area contributed by atoms with Gasteiger partial charge in [0, 0.05) is 38.6 Å². The molecule has 7 nitrogen and oxygen atoms in total. The molecule has 1 aliphatic carbocycles. The van der Waals surface area contributed by atoms with Crippen molar-refractivity contribution in [1.29, 1.82) is 0 Å². The van der Waals surface area contributed by atoms with E-state index in [4.69, 9.17) is 4.74 Å². The van der Waals surface area contributed by atoms with E-state index < -0.39 is 19.5 Å². The second kappa shape index (κ2) is 6.56. The van der Waals surface area contributed by atoms with Crippen molar-refractivity contribution in [2.45, 2.75) is 43.9 Å². The molecule has 8 heteroatoms. The lowest BCUT2D eigenvalue weighted by Gasteiger charge is -2.24. The fraction of sp³-hybridized carbons (Fsp3) is 0.450. The predicted octanol–water partition coefficient (Wildman–Crippen LogP) is 2.80. The minimum Gasteiger partial charge on any atom is -0.477 e. The van der Waals surface area contributed by atoms with Crippen LogP contribution in [0.1, 0.15) is 27.3 Å². The zero-order valence-corrected chi connectivity index (χ0v) is 17.4. The van der Waals surface area contributed by atoms with Crippen LogP contribution in [0.2, 0.25) is 25.7 Å². The SMILES string of the molecule is C[Si](C)(C)CCOCN1C(=O)C2(Cc3cc(C(=O)O)[nH]c3C2)c2cccnc21. The Morgan fingerprint density at radius 1 is 1.39 bits per heavy atom. The van der Waals surface area contributed by atoms with Gasteiger partial charge in [0.1, 0.15) is 18.2 Å². The third kappa shape index (κ3) is 3.06. The van der Waals surface area contributed by atoms with Crippen LogP contribution in [-0.4, -0.2) is 48.4 Å². The van der Waals surface area contributed by atoms with Gasteiger partial charge in [0.15, 0.2) is 0 Å². The third-order valence-electron chi connectivity index (χ3n) is 5.62. The quantitative estimate of drug-likeness (QED) is 0.575. The van der Waals surface area contributed by atoms with Gasteiger partial charge < -0.3 is 14.8 Å². The van der Waals surface area contributed by atoms with Gasteiger partial charge in [0.05, 0.1) is 5.41 Å². The molecule has 148 valence electrons. The molecule has 0 aromatic carbocycles. The number of fused-ring (bicyclic) bond motifs is 3. The molecule has 0 fully saturated rings. The van der Waals surface area contributed by atoms with Crippen molar-refractivity contribution in [1.82, 2.24) is 9.97 Å². The highest BCUT2D eigenvalue weighted by Gasteiger charge is 2.55. The van der Waals surface area contributed by atoms with E-state index in [0.717, 1.165) is 22.9 Å². The van der Waals surface area contributed by atoms with E-state index in [-0.39, 0.29) is 18.3 Å². The van der Waals surface area contributed by atoms with Crippen molar-refractivity contribution < 1.29 is 19.4 Å². The Morgan fingerprint density at radius 3 is 2.86 bits per heavy atom. The van der Waals surface area contributed by atoms with Gasteiger partial charge in [0.2, 0.25) is 5.91 Å². The first-order valence-electron chi connectivity index (χ1n) is 9.50. The Morgan fingerprint density at radius 2 is 2.18 bits per heavy atom. The van der Waals surface area contributed by atoms with E-state index in [0.29, 0.717) is 25.3 Å². The maximum atomic E-state index is 13.4. The Kier molecular flexibility index (Phi) is 4.43. The summed E-state index contributed by atoms with van der Waals surface area (Å²) < 4.78 is 5.85. The lowest BCUT2D eigenvalue weighted by Crippen LogP contribution is -2.42. The summed E-state index contributed by atoms with van der Waals surface area (Å²) in [5.41, 5.74) is 2.06. The van der Waals surface area contributed by atoms with Crippen LogP contribution in [0.15, 0.2) is 24.4 Å². The number of pyridine rings is 1. The van der Waals surface area contributed by atoms with E-state index >= 15 is 0 Å². The summed E-state index contributed by atoms with van der Waals surface area (Å²) in [6.07, 6.45) is 2.63. The Balaban J connectivity index is 1.57. The van der Waals surface area contributed by atoms with Crippen LogP contribution in [0.5, 0.6) is 0 Å². The smallest absolute Gasteiger partial charge is 0.352 e. The number of anilines is 1. The molecule has 2 aliphatic rings. The van der Waals surface area contributed by atoms with E-state index in [9.17, 15) is 14.7 Å². The molecule has 1 aliphatic heterocycles. The normalized spacial score (nSPS) is 20.7. The molecule has 1 unspecified atom stereocenters. The average molecular weight is 400 g/mol. The fourth-order valence-corrected chi connectivity index (χ4v) is 4.87. The number of rotatable bonds is 6. The molecule has 0 saturated carbocycles. The summed E-state index contributed by atoms with van der Waals surface area (Å²) in [6, 6.07) is 6.48. The van der Waals surface area contributed by atoms with Crippen LogP contribution in [-0.2, 0) is 27.8 Å². The molecule has 28 heavy (non-hydrogen) atoms. The van der Waals surface area contributed by atoms with E-state index in [1.54, 1.807) is 17.2 Å². The molecule has 0 radical (unpaired) electrons. The largest absolute Gasteiger partial charge is 0.477 e. The van der Waals surface area contributed by atoms with Crippen LogP contribution >= 0.6 is 0 Å². The third-order valence-corrected chi connectivity index (χ3v) is 7.33. The first-order chi connectivity index (χ1) is 13.2. The van der Waals surface area contributed by atoms with Gasteiger partial charge in [-0.2, -0.15) is 0 Å². The summed E-state index contributed by atoms with van der Waals surface area (Å²) in [5.74, 6) is -0.347. The molecule has 4 rings (SSSR count). The number of carboxylic acid groups (broad SMARTS) is 1. The van der Waals surface area contributed by atoms with Crippen molar-refractivity contribution in [3.05, 3.63) is 46.9 Å².